The van der Waals surface area contributed by atoms with E-state index in [1.165, 1.54) is 0 Å². The molecule has 4 nitrogen and oxygen atoms in total. The lowest BCUT2D eigenvalue weighted by molar-refractivity contribution is 0.460. The molecule has 2 N–H and O–H groups in total. The molecule has 0 spiro atoms. The maximum absolute atomic E-state index is 5.92. The highest BCUT2D eigenvalue weighted by Crippen LogP contribution is 2.28. The topological polar surface area (TPSA) is 51.4 Å². The zero-order valence-electron chi connectivity index (χ0n) is 12.7. The molecule has 5 heteroatoms. The normalized spacial score (nSPS) is 10.3. The van der Waals surface area contributed by atoms with Gasteiger partial charge in [0.25, 0.3) is 0 Å². The van der Waals surface area contributed by atoms with Gasteiger partial charge < -0.3 is 15.4 Å². The van der Waals surface area contributed by atoms with Gasteiger partial charge in [0.1, 0.15) is 10.7 Å². The largest absolute Gasteiger partial charge is 0.438 e. The fourth-order valence-electron chi connectivity index (χ4n) is 2.11. The van der Waals surface area contributed by atoms with Gasteiger partial charge in [-0.1, -0.05) is 18.3 Å². The molecule has 0 fully saturated rings. The van der Waals surface area contributed by atoms with Gasteiger partial charge in [-0.25, -0.2) is 4.98 Å². The van der Waals surface area contributed by atoms with Crippen molar-refractivity contribution in [3.05, 3.63) is 47.2 Å². The average molecular weight is 301 g/mol. The highest BCUT2D eigenvalue weighted by molar-refractivity contribution is 7.80. The van der Waals surface area contributed by atoms with Gasteiger partial charge in [-0.15, -0.1) is 0 Å². The van der Waals surface area contributed by atoms with Crippen molar-refractivity contribution in [1.29, 1.82) is 0 Å². The van der Waals surface area contributed by atoms with Crippen molar-refractivity contribution in [2.45, 2.75) is 13.8 Å². The van der Waals surface area contributed by atoms with Gasteiger partial charge in [-0.05, 0) is 37.6 Å². The van der Waals surface area contributed by atoms with Gasteiger partial charge in [0.15, 0.2) is 0 Å². The van der Waals surface area contributed by atoms with Crippen molar-refractivity contribution in [3.8, 4) is 11.6 Å². The smallest absolute Gasteiger partial charge is 0.229 e. The Kier molecular flexibility index (Phi) is 4.43. The molecule has 1 aromatic carbocycles. The quantitative estimate of drug-likeness (QED) is 0.879. The average Bonchev–Trinajstić information content (AvgIpc) is 2.37. The summed E-state index contributed by atoms with van der Waals surface area (Å²) < 4.78 is 5.92. The van der Waals surface area contributed by atoms with Crippen LogP contribution in [0.2, 0.25) is 0 Å². The number of hydrogen-bond donors (Lipinski definition) is 1. The number of rotatable bonds is 4. The molecule has 0 aliphatic carbocycles. The van der Waals surface area contributed by atoms with Crippen LogP contribution in [-0.4, -0.2) is 24.1 Å². The second-order valence-corrected chi connectivity index (χ2v) is 5.56. The minimum atomic E-state index is 0.291. The van der Waals surface area contributed by atoms with Crippen molar-refractivity contribution < 1.29 is 4.74 Å². The Bertz CT molecular complexity index is 683. The molecule has 21 heavy (non-hydrogen) atoms. The summed E-state index contributed by atoms with van der Waals surface area (Å²) >= 11 is 5.11. The summed E-state index contributed by atoms with van der Waals surface area (Å²) in [6.07, 6.45) is 0. The predicted octanol–water partition coefficient (Wildman–Crippen LogP) is 3.19. The molecule has 0 bridgehead atoms. The Morgan fingerprint density at radius 2 is 1.95 bits per heavy atom. The van der Waals surface area contributed by atoms with Crippen LogP contribution in [0.25, 0.3) is 0 Å². The van der Waals surface area contributed by atoms with Crippen LogP contribution in [0, 0.1) is 13.8 Å². The van der Waals surface area contributed by atoms with Crippen LogP contribution in [0.15, 0.2) is 30.3 Å². The van der Waals surface area contributed by atoms with Gasteiger partial charge in [-0.2, -0.15) is 0 Å². The molecular formula is C16H19N3OS. The van der Waals surface area contributed by atoms with Crippen LogP contribution in [-0.2, 0) is 0 Å². The molecule has 0 aliphatic heterocycles. The summed E-state index contributed by atoms with van der Waals surface area (Å²) in [6, 6.07) is 9.72. The summed E-state index contributed by atoms with van der Waals surface area (Å²) in [5.74, 6) is 1.16. The molecule has 110 valence electrons. The fourth-order valence-corrected chi connectivity index (χ4v) is 2.36. The van der Waals surface area contributed by atoms with Gasteiger partial charge in [-0.3, -0.25) is 0 Å². The van der Waals surface area contributed by atoms with E-state index in [1.54, 1.807) is 0 Å². The van der Waals surface area contributed by atoms with E-state index < -0.39 is 0 Å². The highest BCUT2D eigenvalue weighted by atomic mass is 32.1. The third kappa shape index (κ3) is 3.49. The molecule has 0 amide bonds. The van der Waals surface area contributed by atoms with Gasteiger partial charge in [0.05, 0.1) is 5.56 Å². The van der Waals surface area contributed by atoms with E-state index in [4.69, 9.17) is 22.7 Å². The third-order valence-electron chi connectivity index (χ3n) is 3.11. The molecule has 0 radical (unpaired) electrons. The molecule has 1 heterocycles. The second-order valence-electron chi connectivity index (χ2n) is 5.12. The Hall–Kier alpha value is -2.14. The van der Waals surface area contributed by atoms with Crippen molar-refractivity contribution in [2.24, 2.45) is 5.73 Å². The minimum Gasteiger partial charge on any atom is -0.438 e. The van der Waals surface area contributed by atoms with Crippen molar-refractivity contribution in [3.63, 3.8) is 0 Å². The Morgan fingerprint density at radius 3 is 2.57 bits per heavy atom. The van der Waals surface area contributed by atoms with Crippen molar-refractivity contribution in [2.75, 3.05) is 19.0 Å². The lowest BCUT2D eigenvalue weighted by atomic mass is 10.1. The monoisotopic (exact) mass is 301 g/mol. The van der Waals surface area contributed by atoms with Crippen LogP contribution in [0.3, 0.4) is 0 Å². The zero-order valence-corrected chi connectivity index (χ0v) is 13.5. The number of benzene rings is 1. The first-order valence-corrected chi connectivity index (χ1v) is 7.02. The van der Waals surface area contributed by atoms with E-state index in [9.17, 15) is 0 Å². The lowest BCUT2D eigenvalue weighted by Gasteiger charge is -2.15. The fraction of sp³-hybridized carbons (Fsp3) is 0.250. The van der Waals surface area contributed by atoms with Crippen LogP contribution in [0.5, 0.6) is 11.6 Å². The first-order chi connectivity index (χ1) is 9.88. The van der Waals surface area contributed by atoms with Gasteiger partial charge >= 0.3 is 0 Å². The SMILES string of the molecule is Cc1cc(C)c(C(N)=S)c(Oc2cccc(N(C)C)c2)n1. The summed E-state index contributed by atoms with van der Waals surface area (Å²) in [4.78, 5) is 6.72. The summed E-state index contributed by atoms with van der Waals surface area (Å²) in [5.41, 5.74) is 9.37. The number of nitrogens with zero attached hydrogens (tertiary/aromatic N) is 2. The molecule has 1 aromatic heterocycles. The number of anilines is 1. The molecule has 0 atom stereocenters. The van der Waals surface area contributed by atoms with E-state index in [2.05, 4.69) is 4.98 Å². The Labute approximate surface area is 130 Å². The predicted molar refractivity (Wildman–Crippen MR) is 90.4 cm³/mol. The molecular weight excluding hydrogens is 282 g/mol. The maximum atomic E-state index is 5.92. The van der Waals surface area contributed by atoms with Crippen LogP contribution in [0.4, 0.5) is 5.69 Å². The van der Waals surface area contributed by atoms with Crippen LogP contribution in [0.1, 0.15) is 16.8 Å². The van der Waals surface area contributed by atoms with E-state index in [0.717, 1.165) is 16.9 Å². The van der Waals surface area contributed by atoms with E-state index in [-0.39, 0.29) is 0 Å². The lowest BCUT2D eigenvalue weighted by Crippen LogP contribution is -2.14. The first-order valence-electron chi connectivity index (χ1n) is 6.62. The molecule has 0 unspecified atom stereocenters. The van der Waals surface area contributed by atoms with E-state index in [0.29, 0.717) is 22.2 Å². The number of pyridine rings is 1. The zero-order chi connectivity index (χ0) is 15.6. The number of nitrogens with two attached hydrogens (primary N) is 1. The highest BCUT2D eigenvalue weighted by Gasteiger charge is 2.14. The first kappa shape index (κ1) is 15.3. The molecule has 0 saturated heterocycles. The van der Waals surface area contributed by atoms with Crippen LogP contribution < -0.4 is 15.4 Å². The van der Waals surface area contributed by atoms with Crippen LogP contribution >= 0.6 is 12.2 Å². The van der Waals surface area contributed by atoms with E-state index >= 15 is 0 Å². The van der Waals surface area contributed by atoms with Crippen molar-refractivity contribution in [1.82, 2.24) is 4.98 Å². The molecule has 2 aromatic rings. The summed E-state index contributed by atoms with van der Waals surface area (Å²) in [7, 11) is 3.96. The number of ether oxygens (including phenoxy) is 1. The van der Waals surface area contributed by atoms with Gasteiger partial charge in [0.2, 0.25) is 5.88 Å². The molecule has 0 saturated carbocycles. The summed E-state index contributed by atoms with van der Waals surface area (Å²) in [5, 5.41) is 0. The molecule has 0 aliphatic rings. The Balaban J connectivity index is 2.44. The third-order valence-corrected chi connectivity index (χ3v) is 3.31. The van der Waals surface area contributed by atoms with Crippen molar-refractivity contribution >= 4 is 22.9 Å². The van der Waals surface area contributed by atoms with E-state index in [1.807, 2.05) is 63.2 Å². The minimum absolute atomic E-state index is 0.291. The number of thiocarbonyl (C=S) groups is 1. The second kappa shape index (κ2) is 6.10. The maximum Gasteiger partial charge on any atom is 0.229 e. The van der Waals surface area contributed by atoms with Gasteiger partial charge in [0, 0.05) is 31.5 Å². The number of aromatic nitrogens is 1. The summed E-state index contributed by atoms with van der Waals surface area (Å²) in [6.45, 7) is 3.87. The number of hydrogen-bond acceptors (Lipinski definition) is 4. The standard InChI is InChI=1S/C16H19N3OS/c1-10-8-11(2)18-16(14(10)15(17)21)20-13-7-5-6-12(9-13)19(3)4/h5-9H,1-4H3,(H2,17,21). The Morgan fingerprint density at radius 1 is 1.24 bits per heavy atom. The molecule has 2 rings (SSSR count). The number of aryl methyl sites for hydroxylation is 2.